The molecule has 0 bridgehead atoms. The maximum Gasteiger partial charge on any atom is 0.0490 e. The van der Waals surface area contributed by atoms with Gasteiger partial charge in [-0.15, -0.1) is 0 Å². The lowest BCUT2D eigenvalue weighted by Gasteiger charge is -2.33. The minimum atomic E-state index is 0.376. The molecule has 0 aromatic carbocycles. The van der Waals surface area contributed by atoms with Crippen LogP contribution >= 0.6 is 0 Å². The van der Waals surface area contributed by atoms with Gasteiger partial charge in [0.1, 0.15) is 0 Å². The molecule has 1 heterocycles. The summed E-state index contributed by atoms with van der Waals surface area (Å²) in [6, 6.07) is 0. The second-order valence-corrected chi connectivity index (χ2v) is 4.60. The molecule has 0 amide bonds. The van der Waals surface area contributed by atoms with Crippen LogP contribution in [0, 0.1) is 11.3 Å². The van der Waals surface area contributed by atoms with Crippen molar-refractivity contribution in [1.29, 1.82) is 0 Å². The van der Waals surface area contributed by atoms with E-state index in [-0.39, 0.29) is 0 Å². The summed E-state index contributed by atoms with van der Waals surface area (Å²) in [6.45, 7) is 2.89. The predicted molar refractivity (Wildman–Crippen MR) is 49.0 cm³/mol. The molecule has 2 aliphatic rings. The Kier molecular flexibility index (Phi) is 2.13. The lowest BCUT2D eigenvalue weighted by atomic mass is 9.82. The van der Waals surface area contributed by atoms with Gasteiger partial charge in [-0.05, 0) is 57.2 Å². The average molecular weight is 169 g/mol. The molecule has 2 heteroatoms. The molecule has 70 valence electrons. The third-order valence-electron chi connectivity index (χ3n) is 3.79. The third kappa shape index (κ3) is 1.38. The van der Waals surface area contributed by atoms with Gasteiger partial charge in [-0.25, -0.2) is 0 Å². The minimum Gasteiger partial charge on any atom is -0.396 e. The zero-order valence-corrected chi connectivity index (χ0v) is 7.92. The molecule has 1 aliphatic heterocycles. The molecule has 0 unspecified atom stereocenters. The molecular weight excluding hydrogens is 150 g/mol. The smallest absolute Gasteiger partial charge is 0.0490 e. The Morgan fingerprint density at radius 2 is 1.92 bits per heavy atom. The predicted octanol–water partition coefficient (Wildman–Crippen LogP) is 1.10. The molecule has 0 aromatic rings. The van der Waals surface area contributed by atoms with Crippen molar-refractivity contribution in [3.8, 4) is 0 Å². The maximum atomic E-state index is 9.26. The highest BCUT2D eigenvalue weighted by atomic mass is 16.3. The first kappa shape index (κ1) is 8.52. The van der Waals surface area contributed by atoms with Gasteiger partial charge in [0.05, 0.1) is 0 Å². The highest BCUT2D eigenvalue weighted by Gasteiger charge is 2.48. The SMILES string of the molecule is CN1CCC(C2(CO)CC2)CC1. The van der Waals surface area contributed by atoms with E-state index in [0.717, 1.165) is 5.92 Å². The summed E-state index contributed by atoms with van der Waals surface area (Å²) < 4.78 is 0. The van der Waals surface area contributed by atoms with Crippen molar-refractivity contribution < 1.29 is 5.11 Å². The Bertz CT molecular complexity index is 157. The number of hydrogen-bond acceptors (Lipinski definition) is 2. The highest BCUT2D eigenvalue weighted by molar-refractivity contribution is 4.99. The zero-order valence-electron chi connectivity index (χ0n) is 7.92. The normalized spacial score (nSPS) is 30.5. The topological polar surface area (TPSA) is 23.5 Å². The molecule has 0 radical (unpaired) electrons. The van der Waals surface area contributed by atoms with Crippen LogP contribution in [0.1, 0.15) is 25.7 Å². The molecular formula is C10H19NO. The monoisotopic (exact) mass is 169 g/mol. The summed E-state index contributed by atoms with van der Waals surface area (Å²) in [5, 5.41) is 9.26. The van der Waals surface area contributed by atoms with E-state index in [0.29, 0.717) is 12.0 Å². The Morgan fingerprint density at radius 1 is 1.33 bits per heavy atom. The second-order valence-electron chi connectivity index (χ2n) is 4.60. The van der Waals surface area contributed by atoms with Crippen LogP contribution in [-0.4, -0.2) is 36.8 Å². The molecule has 1 saturated heterocycles. The van der Waals surface area contributed by atoms with E-state index in [1.165, 1.54) is 38.8 Å². The van der Waals surface area contributed by atoms with Crippen LogP contribution in [-0.2, 0) is 0 Å². The van der Waals surface area contributed by atoms with E-state index in [1.54, 1.807) is 0 Å². The number of hydrogen-bond donors (Lipinski definition) is 1. The molecule has 1 saturated carbocycles. The number of piperidine rings is 1. The first-order valence-corrected chi connectivity index (χ1v) is 5.06. The van der Waals surface area contributed by atoms with Gasteiger partial charge in [-0.1, -0.05) is 0 Å². The van der Waals surface area contributed by atoms with E-state index in [2.05, 4.69) is 11.9 Å². The molecule has 0 atom stereocenters. The fourth-order valence-corrected chi connectivity index (χ4v) is 2.48. The van der Waals surface area contributed by atoms with Crippen molar-refractivity contribution in [3.05, 3.63) is 0 Å². The van der Waals surface area contributed by atoms with Crippen molar-refractivity contribution in [2.24, 2.45) is 11.3 Å². The number of likely N-dealkylation sites (tertiary alicyclic amines) is 1. The van der Waals surface area contributed by atoms with Crippen LogP contribution in [0.3, 0.4) is 0 Å². The van der Waals surface area contributed by atoms with Crippen molar-refractivity contribution in [2.45, 2.75) is 25.7 Å². The zero-order chi connectivity index (χ0) is 8.60. The van der Waals surface area contributed by atoms with Gasteiger partial charge >= 0.3 is 0 Å². The van der Waals surface area contributed by atoms with E-state index in [1.807, 2.05) is 0 Å². The quantitative estimate of drug-likeness (QED) is 0.669. The number of aliphatic hydroxyl groups excluding tert-OH is 1. The van der Waals surface area contributed by atoms with Gasteiger partial charge in [0.15, 0.2) is 0 Å². The summed E-state index contributed by atoms with van der Waals surface area (Å²) in [4.78, 5) is 2.39. The Hall–Kier alpha value is -0.0800. The number of nitrogens with zero attached hydrogens (tertiary/aromatic N) is 1. The van der Waals surface area contributed by atoms with E-state index in [9.17, 15) is 5.11 Å². The van der Waals surface area contributed by atoms with Crippen molar-refractivity contribution >= 4 is 0 Å². The molecule has 1 aliphatic carbocycles. The highest BCUT2D eigenvalue weighted by Crippen LogP contribution is 2.54. The van der Waals surface area contributed by atoms with Crippen LogP contribution in [0.5, 0.6) is 0 Å². The van der Waals surface area contributed by atoms with Crippen molar-refractivity contribution in [2.75, 3.05) is 26.7 Å². The van der Waals surface area contributed by atoms with E-state index >= 15 is 0 Å². The van der Waals surface area contributed by atoms with Gasteiger partial charge in [0, 0.05) is 6.61 Å². The molecule has 12 heavy (non-hydrogen) atoms. The first-order chi connectivity index (χ1) is 5.77. The molecule has 0 aromatic heterocycles. The first-order valence-electron chi connectivity index (χ1n) is 5.06. The van der Waals surface area contributed by atoms with E-state index in [4.69, 9.17) is 0 Å². The molecule has 2 nitrogen and oxygen atoms in total. The Morgan fingerprint density at radius 3 is 2.33 bits per heavy atom. The van der Waals surface area contributed by atoms with Gasteiger partial charge in [-0.2, -0.15) is 0 Å². The largest absolute Gasteiger partial charge is 0.396 e. The van der Waals surface area contributed by atoms with Crippen LogP contribution in [0.15, 0.2) is 0 Å². The summed E-state index contributed by atoms with van der Waals surface area (Å²) in [5.74, 6) is 0.818. The molecule has 0 spiro atoms. The Labute approximate surface area is 74.6 Å². The van der Waals surface area contributed by atoms with Gasteiger partial charge in [0.25, 0.3) is 0 Å². The van der Waals surface area contributed by atoms with Crippen LogP contribution in [0.25, 0.3) is 0 Å². The molecule has 2 fully saturated rings. The van der Waals surface area contributed by atoms with Gasteiger partial charge in [0.2, 0.25) is 0 Å². The lowest BCUT2D eigenvalue weighted by molar-refractivity contribution is 0.102. The van der Waals surface area contributed by atoms with Crippen molar-refractivity contribution in [3.63, 3.8) is 0 Å². The average Bonchev–Trinajstić information content (AvgIpc) is 2.86. The maximum absolute atomic E-state index is 9.26. The van der Waals surface area contributed by atoms with Crippen LogP contribution in [0.4, 0.5) is 0 Å². The summed E-state index contributed by atoms with van der Waals surface area (Å²) in [5.41, 5.74) is 0.376. The fourth-order valence-electron chi connectivity index (χ4n) is 2.48. The van der Waals surface area contributed by atoms with Gasteiger partial charge < -0.3 is 10.0 Å². The second kappa shape index (κ2) is 3.00. The van der Waals surface area contributed by atoms with Crippen LogP contribution in [0.2, 0.25) is 0 Å². The van der Waals surface area contributed by atoms with Crippen molar-refractivity contribution in [1.82, 2.24) is 4.90 Å². The molecule has 1 N–H and O–H groups in total. The van der Waals surface area contributed by atoms with Gasteiger partial charge in [-0.3, -0.25) is 0 Å². The third-order valence-corrected chi connectivity index (χ3v) is 3.79. The Balaban J connectivity index is 1.89. The fraction of sp³-hybridized carbons (Fsp3) is 1.00. The van der Waals surface area contributed by atoms with Crippen LogP contribution < -0.4 is 0 Å². The molecule has 2 rings (SSSR count). The summed E-state index contributed by atoms with van der Waals surface area (Å²) in [6.07, 6.45) is 5.16. The van der Waals surface area contributed by atoms with E-state index < -0.39 is 0 Å². The lowest BCUT2D eigenvalue weighted by Crippen LogP contribution is -2.35. The standard InChI is InChI=1S/C10H19NO/c1-11-6-2-9(3-7-11)10(8-12)4-5-10/h9,12H,2-8H2,1H3. The minimum absolute atomic E-state index is 0.376. The number of aliphatic hydroxyl groups is 1. The summed E-state index contributed by atoms with van der Waals surface area (Å²) in [7, 11) is 2.19. The number of rotatable bonds is 2. The summed E-state index contributed by atoms with van der Waals surface area (Å²) >= 11 is 0.